The highest BCUT2D eigenvalue weighted by Crippen LogP contribution is 2.28. The molecule has 2 aromatic rings. The molecule has 0 aromatic heterocycles. The first kappa shape index (κ1) is 19.5. The maximum atomic E-state index is 12.1. The lowest BCUT2D eigenvalue weighted by molar-refractivity contribution is -0.138. The SMILES string of the molecule is CCC(C)c1ccccc1OCC(=O)NCC(C(=O)O)c1ccccc1. The summed E-state index contributed by atoms with van der Waals surface area (Å²) >= 11 is 0. The van der Waals surface area contributed by atoms with Crippen molar-refractivity contribution in [1.29, 1.82) is 0 Å². The normalized spacial score (nSPS) is 12.8. The number of amides is 1. The zero-order chi connectivity index (χ0) is 18.9. The maximum absolute atomic E-state index is 12.1. The van der Waals surface area contributed by atoms with Gasteiger partial charge >= 0.3 is 5.97 Å². The van der Waals surface area contributed by atoms with Crippen molar-refractivity contribution in [2.75, 3.05) is 13.2 Å². The molecule has 0 aliphatic rings. The molecular weight excluding hydrogens is 330 g/mol. The number of carbonyl (C=O) groups is 2. The van der Waals surface area contributed by atoms with Gasteiger partial charge in [0.05, 0.1) is 5.92 Å². The molecule has 0 aliphatic heterocycles. The molecule has 0 saturated heterocycles. The Morgan fingerprint density at radius 1 is 1.08 bits per heavy atom. The highest BCUT2D eigenvalue weighted by Gasteiger charge is 2.20. The second-order valence-corrected chi connectivity index (χ2v) is 6.24. The fourth-order valence-electron chi connectivity index (χ4n) is 2.68. The van der Waals surface area contributed by atoms with E-state index in [1.54, 1.807) is 24.3 Å². The molecule has 2 aromatic carbocycles. The zero-order valence-electron chi connectivity index (χ0n) is 15.1. The molecule has 2 N–H and O–H groups in total. The summed E-state index contributed by atoms with van der Waals surface area (Å²) in [4.78, 5) is 23.6. The van der Waals surface area contributed by atoms with Crippen molar-refractivity contribution in [3.63, 3.8) is 0 Å². The molecule has 1 amide bonds. The molecule has 0 spiro atoms. The predicted molar refractivity (Wildman–Crippen MR) is 100 cm³/mol. The van der Waals surface area contributed by atoms with Crippen LogP contribution in [0.2, 0.25) is 0 Å². The Labute approximate surface area is 154 Å². The highest BCUT2D eigenvalue weighted by atomic mass is 16.5. The third-order valence-corrected chi connectivity index (χ3v) is 4.42. The number of nitrogens with one attached hydrogen (secondary N) is 1. The van der Waals surface area contributed by atoms with Crippen LogP contribution in [0.25, 0.3) is 0 Å². The average molecular weight is 355 g/mol. The second-order valence-electron chi connectivity index (χ2n) is 6.24. The van der Waals surface area contributed by atoms with Crippen LogP contribution < -0.4 is 10.1 Å². The number of aliphatic carboxylic acids is 1. The zero-order valence-corrected chi connectivity index (χ0v) is 15.1. The van der Waals surface area contributed by atoms with Crippen molar-refractivity contribution in [3.8, 4) is 5.75 Å². The maximum Gasteiger partial charge on any atom is 0.312 e. The molecule has 0 fully saturated rings. The van der Waals surface area contributed by atoms with E-state index in [1.165, 1.54) is 0 Å². The summed E-state index contributed by atoms with van der Waals surface area (Å²) in [5, 5.41) is 12.0. The largest absolute Gasteiger partial charge is 0.483 e. The number of para-hydroxylation sites is 1. The van der Waals surface area contributed by atoms with Gasteiger partial charge in [-0.05, 0) is 29.5 Å². The van der Waals surface area contributed by atoms with Gasteiger partial charge in [-0.1, -0.05) is 62.4 Å². The highest BCUT2D eigenvalue weighted by molar-refractivity contribution is 5.80. The Kier molecular flexibility index (Phi) is 7.21. The van der Waals surface area contributed by atoms with E-state index in [0.717, 1.165) is 12.0 Å². The number of carbonyl (C=O) groups excluding carboxylic acids is 1. The number of rotatable bonds is 9. The minimum atomic E-state index is -0.973. The van der Waals surface area contributed by atoms with E-state index in [0.29, 0.717) is 17.2 Å². The van der Waals surface area contributed by atoms with E-state index in [9.17, 15) is 14.7 Å². The van der Waals surface area contributed by atoms with Gasteiger partial charge in [-0.15, -0.1) is 0 Å². The van der Waals surface area contributed by atoms with E-state index in [1.807, 2.05) is 30.3 Å². The van der Waals surface area contributed by atoms with Crippen molar-refractivity contribution < 1.29 is 19.4 Å². The fraction of sp³-hybridized carbons (Fsp3) is 0.333. The van der Waals surface area contributed by atoms with Gasteiger partial charge in [0.2, 0.25) is 0 Å². The Hall–Kier alpha value is -2.82. The molecule has 2 unspecified atom stereocenters. The summed E-state index contributed by atoms with van der Waals surface area (Å²) in [5.41, 5.74) is 1.72. The van der Waals surface area contributed by atoms with Gasteiger partial charge in [-0.25, -0.2) is 0 Å². The third kappa shape index (κ3) is 5.34. The molecule has 5 heteroatoms. The van der Waals surface area contributed by atoms with Crippen LogP contribution in [0.1, 0.15) is 43.2 Å². The molecule has 0 aliphatic carbocycles. The molecule has 26 heavy (non-hydrogen) atoms. The number of hydrogen-bond acceptors (Lipinski definition) is 3. The Balaban J connectivity index is 1.92. The monoisotopic (exact) mass is 355 g/mol. The van der Waals surface area contributed by atoms with Crippen LogP contribution in [0.5, 0.6) is 5.75 Å². The number of carboxylic acids is 1. The van der Waals surface area contributed by atoms with Gasteiger partial charge < -0.3 is 15.2 Å². The number of ether oxygens (including phenoxy) is 1. The molecule has 0 heterocycles. The van der Waals surface area contributed by atoms with Crippen molar-refractivity contribution in [3.05, 3.63) is 65.7 Å². The van der Waals surface area contributed by atoms with Crippen LogP contribution in [0.15, 0.2) is 54.6 Å². The Morgan fingerprint density at radius 3 is 2.38 bits per heavy atom. The molecule has 138 valence electrons. The van der Waals surface area contributed by atoms with Crippen LogP contribution >= 0.6 is 0 Å². The van der Waals surface area contributed by atoms with Crippen LogP contribution in [0, 0.1) is 0 Å². The first-order valence-electron chi connectivity index (χ1n) is 8.79. The summed E-state index contributed by atoms with van der Waals surface area (Å²) in [6.07, 6.45) is 0.976. The van der Waals surface area contributed by atoms with Crippen LogP contribution in [0.4, 0.5) is 0 Å². The van der Waals surface area contributed by atoms with E-state index >= 15 is 0 Å². The topological polar surface area (TPSA) is 75.6 Å². The summed E-state index contributed by atoms with van der Waals surface area (Å²) in [6, 6.07) is 16.5. The molecule has 2 rings (SSSR count). The van der Waals surface area contributed by atoms with Crippen molar-refractivity contribution in [1.82, 2.24) is 5.32 Å². The molecule has 5 nitrogen and oxygen atoms in total. The fourth-order valence-corrected chi connectivity index (χ4v) is 2.68. The van der Waals surface area contributed by atoms with Gasteiger partial charge in [-0.3, -0.25) is 9.59 Å². The molecule has 0 bridgehead atoms. The molecular formula is C21H25NO4. The van der Waals surface area contributed by atoms with E-state index < -0.39 is 11.9 Å². The lowest BCUT2D eigenvalue weighted by Gasteiger charge is -2.16. The van der Waals surface area contributed by atoms with E-state index in [-0.39, 0.29) is 19.1 Å². The van der Waals surface area contributed by atoms with E-state index in [2.05, 4.69) is 19.2 Å². The number of carboxylic acid groups (broad SMARTS) is 1. The summed E-state index contributed by atoms with van der Waals surface area (Å²) < 4.78 is 5.66. The van der Waals surface area contributed by atoms with Gasteiger partial charge in [-0.2, -0.15) is 0 Å². The van der Waals surface area contributed by atoms with Gasteiger partial charge in [0.25, 0.3) is 5.91 Å². The second kappa shape index (κ2) is 9.61. The van der Waals surface area contributed by atoms with Crippen LogP contribution in [-0.2, 0) is 9.59 Å². The summed E-state index contributed by atoms with van der Waals surface area (Å²) in [6.45, 7) is 4.09. The van der Waals surface area contributed by atoms with Crippen molar-refractivity contribution in [2.24, 2.45) is 0 Å². The average Bonchev–Trinajstić information content (AvgIpc) is 2.66. The minimum Gasteiger partial charge on any atom is -0.483 e. The van der Waals surface area contributed by atoms with Crippen LogP contribution in [0.3, 0.4) is 0 Å². The summed E-state index contributed by atoms with van der Waals surface area (Å²) in [7, 11) is 0. The van der Waals surface area contributed by atoms with E-state index in [4.69, 9.17) is 4.74 Å². The lowest BCUT2D eigenvalue weighted by Crippen LogP contribution is -2.34. The quantitative estimate of drug-likeness (QED) is 0.721. The number of benzene rings is 2. The minimum absolute atomic E-state index is 0.0224. The molecule has 2 atom stereocenters. The first-order valence-corrected chi connectivity index (χ1v) is 8.79. The summed E-state index contributed by atoms with van der Waals surface area (Å²) in [5.74, 6) is -1.07. The first-order chi connectivity index (χ1) is 12.5. The Bertz CT molecular complexity index is 730. The molecule has 0 saturated carbocycles. The third-order valence-electron chi connectivity index (χ3n) is 4.42. The smallest absolute Gasteiger partial charge is 0.312 e. The Morgan fingerprint density at radius 2 is 1.73 bits per heavy atom. The molecule has 0 radical (unpaired) electrons. The van der Waals surface area contributed by atoms with Crippen LogP contribution in [-0.4, -0.2) is 30.1 Å². The number of hydrogen-bond donors (Lipinski definition) is 2. The van der Waals surface area contributed by atoms with Gasteiger partial charge in [0.15, 0.2) is 6.61 Å². The van der Waals surface area contributed by atoms with Gasteiger partial charge in [0.1, 0.15) is 5.75 Å². The van der Waals surface area contributed by atoms with Gasteiger partial charge in [0, 0.05) is 6.54 Å². The standard InChI is InChI=1S/C21H25NO4/c1-3-15(2)17-11-7-8-12-19(17)26-14-20(23)22-13-18(21(24)25)16-9-5-4-6-10-16/h4-12,15,18H,3,13-14H2,1-2H3,(H,22,23)(H,24,25). The lowest BCUT2D eigenvalue weighted by atomic mass is 9.98. The van der Waals surface area contributed by atoms with Crippen molar-refractivity contribution >= 4 is 11.9 Å². The predicted octanol–water partition coefficient (Wildman–Crippen LogP) is 3.56. The van der Waals surface area contributed by atoms with Crippen molar-refractivity contribution in [2.45, 2.75) is 32.1 Å².